The molecule has 38 heavy (non-hydrogen) atoms. The number of nitrogens with one attached hydrogen (secondary N) is 2. The lowest BCUT2D eigenvalue weighted by Gasteiger charge is -2.46. The first-order chi connectivity index (χ1) is 18.0. The van der Waals surface area contributed by atoms with Crippen molar-refractivity contribution in [2.24, 2.45) is 10.9 Å². The molecule has 0 unspecified atom stereocenters. The molecule has 0 radical (unpaired) electrons. The van der Waals surface area contributed by atoms with E-state index >= 15 is 4.39 Å². The van der Waals surface area contributed by atoms with Gasteiger partial charge in [-0.3, -0.25) is 4.79 Å². The zero-order valence-electron chi connectivity index (χ0n) is 21.4. The van der Waals surface area contributed by atoms with Crippen LogP contribution in [0.5, 0.6) is 0 Å². The lowest BCUT2D eigenvalue weighted by molar-refractivity contribution is -0.0653. The third-order valence-electron chi connectivity index (χ3n) is 6.34. The summed E-state index contributed by atoms with van der Waals surface area (Å²) in [4.78, 5) is 29.6. The number of fused-ring (bicyclic) bond motifs is 1. The minimum atomic E-state index is -1.32. The Balaban J connectivity index is 1.67. The summed E-state index contributed by atoms with van der Waals surface area (Å²) in [7, 11) is 0. The molecule has 0 aliphatic carbocycles. The molecule has 7 nitrogen and oxygen atoms in total. The summed E-state index contributed by atoms with van der Waals surface area (Å²) in [6.45, 7) is 3.99. The van der Waals surface area contributed by atoms with Crippen molar-refractivity contribution in [3.8, 4) is 0 Å². The van der Waals surface area contributed by atoms with Crippen molar-refractivity contribution in [3.63, 3.8) is 0 Å². The summed E-state index contributed by atoms with van der Waals surface area (Å²) in [5.41, 5.74) is -1.57. The Hall–Kier alpha value is -3.05. The van der Waals surface area contributed by atoms with Crippen LogP contribution in [0.25, 0.3) is 0 Å². The van der Waals surface area contributed by atoms with E-state index in [0.717, 1.165) is 6.07 Å². The number of carbonyl (C=O) groups is 2. The number of benzene rings is 2. The first kappa shape index (κ1) is 28.0. The second-order valence-corrected chi connectivity index (χ2v) is 11.3. The Kier molecular flexibility index (Phi) is 8.37. The van der Waals surface area contributed by atoms with Gasteiger partial charge < -0.3 is 20.1 Å². The van der Waals surface area contributed by atoms with Gasteiger partial charge in [0.15, 0.2) is 5.17 Å². The highest BCUT2D eigenvalue weighted by Gasteiger charge is 2.50. The summed E-state index contributed by atoms with van der Waals surface area (Å²) >= 11 is 1.28. The largest absolute Gasteiger partial charge is 0.444 e. The summed E-state index contributed by atoms with van der Waals surface area (Å²) < 4.78 is 54.5. The molecular weight excluding hydrogens is 519 g/mol. The van der Waals surface area contributed by atoms with Crippen LogP contribution >= 0.6 is 11.8 Å². The number of alkyl halides is 1. The van der Waals surface area contributed by atoms with Crippen molar-refractivity contribution >= 4 is 28.9 Å². The number of rotatable bonds is 5. The number of hydrogen-bond donors (Lipinski definition) is 2. The summed E-state index contributed by atoms with van der Waals surface area (Å²) in [5, 5.41) is 5.51. The van der Waals surface area contributed by atoms with E-state index in [1.807, 2.05) is 0 Å². The molecule has 1 saturated heterocycles. The highest BCUT2D eigenvalue weighted by Crippen LogP contribution is 2.47. The van der Waals surface area contributed by atoms with Crippen LogP contribution in [0.3, 0.4) is 0 Å². The second-order valence-electron chi connectivity index (χ2n) is 10.3. The first-order valence-electron chi connectivity index (χ1n) is 12.2. The Morgan fingerprint density at radius 2 is 1.92 bits per heavy atom. The zero-order chi connectivity index (χ0) is 27.5. The topological polar surface area (TPSA) is 89.0 Å². The van der Waals surface area contributed by atoms with E-state index in [1.165, 1.54) is 17.8 Å². The number of carbonyl (C=O) groups excluding carboxylic acids is 2. The highest BCUT2D eigenvalue weighted by atomic mass is 32.2. The fraction of sp³-hybridized carbons (Fsp3) is 0.444. The van der Waals surface area contributed by atoms with Crippen molar-refractivity contribution in [3.05, 3.63) is 70.8 Å². The number of thioether (sulfide) groups is 1. The van der Waals surface area contributed by atoms with Gasteiger partial charge in [-0.2, -0.15) is 0 Å². The summed E-state index contributed by atoms with van der Waals surface area (Å²) in [6.07, 6.45) is -1.14. The predicted octanol–water partition coefficient (Wildman–Crippen LogP) is 5.09. The number of halogens is 3. The molecule has 2 aliphatic rings. The number of amides is 2. The molecule has 0 spiro atoms. The molecule has 2 amide bonds. The molecule has 1 fully saturated rings. The summed E-state index contributed by atoms with van der Waals surface area (Å²) in [5.74, 6) is -2.01. The monoisotopic (exact) mass is 549 g/mol. The minimum Gasteiger partial charge on any atom is -0.444 e. The van der Waals surface area contributed by atoms with Gasteiger partial charge in [0, 0.05) is 41.0 Å². The number of alkyl carbamates (subject to hydrolysis) is 1. The zero-order valence-corrected chi connectivity index (χ0v) is 22.2. The van der Waals surface area contributed by atoms with Crippen LogP contribution < -0.4 is 10.6 Å². The van der Waals surface area contributed by atoms with Crippen LogP contribution in [0, 0.1) is 17.6 Å². The predicted molar refractivity (Wildman–Crippen MR) is 139 cm³/mol. The number of aliphatic imine (C=N–C) groups is 1. The normalized spacial score (nSPS) is 23.2. The van der Waals surface area contributed by atoms with Gasteiger partial charge in [-0.1, -0.05) is 30.0 Å². The number of nitrogens with zero attached hydrogens (tertiary/aromatic N) is 1. The van der Waals surface area contributed by atoms with E-state index in [2.05, 4.69) is 10.6 Å². The molecule has 2 aromatic rings. The van der Waals surface area contributed by atoms with Gasteiger partial charge in [-0.15, -0.1) is 0 Å². The average molecular weight is 550 g/mol. The molecule has 2 heterocycles. The third kappa shape index (κ3) is 6.32. The van der Waals surface area contributed by atoms with Crippen LogP contribution in [-0.4, -0.2) is 47.9 Å². The van der Waals surface area contributed by atoms with E-state index in [1.54, 1.807) is 51.1 Å². The standard InChI is InChI=1S/C27H30F3N3O4S/c1-26(2,3)37-25(35)31-13-17-9-20(22(30)11-21(17)29)27-15-36-19(12-28)10-18(27)14-38-24(33-27)32-23(34)16-7-5-4-6-8-16/h4-9,11,18-19H,10,12-15H2,1-3H3,(H,31,35)(H,32,33,34)/t18-,19+,27-/m0/s1. The molecule has 0 bridgehead atoms. The van der Waals surface area contributed by atoms with Crippen molar-refractivity contribution in [2.75, 3.05) is 19.0 Å². The van der Waals surface area contributed by atoms with Crippen molar-refractivity contribution in [2.45, 2.75) is 51.0 Å². The fourth-order valence-electron chi connectivity index (χ4n) is 4.50. The van der Waals surface area contributed by atoms with Crippen LogP contribution in [0.4, 0.5) is 18.0 Å². The lowest BCUT2D eigenvalue weighted by Crippen LogP contribution is -2.51. The van der Waals surface area contributed by atoms with Gasteiger partial charge >= 0.3 is 6.09 Å². The summed E-state index contributed by atoms with van der Waals surface area (Å²) in [6, 6.07) is 10.6. The van der Waals surface area contributed by atoms with Gasteiger partial charge in [-0.05, 0) is 45.4 Å². The van der Waals surface area contributed by atoms with Crippen molar-refractivity contribution in [1.29, 1.82) is 0 Å². The van der Waals surface area contributed by atoms with E-state index in [4.69, 9.17) is 14.5 Å². The van der Waals surface area contributed by atoms with Gasteiger partial charge in [0.2, 0.25) is 0 Å². The molecule has 4 rings (SSSR count). The maximum Gasteiger partial charge on any atom is 0.407 e. The Labute approximate surface area is 223 Å². The third-order valence-corrected chi connectivity index (χ3v) is 7.37. The molecule has 2 N–H and O–H groups in total. The maximum absolute atomic E-state index is 15.4. The fourth-order valence-corrected chi connectivity index (χ4v) is 5.66. The molecule has 0 aromatic heterocycles. The van der Waals surface area contributed by atoms with Crippen LogP contribution in [0.2, 0.25) is 0 Å². The number of ether oxygens (including phenoxy) is 2. The Morgan fingerprint density at radius 3 is 2.61 bits per heavy atom. The molecular formula is C27H30F3N3O4S. The van der Waals surface area contributed by atoms with Crippen molar-refractivity contribution < 1.29 is 32.2 Å². The molecule has 2 aromatic carbocycles. The van der Waals surface area contributed by atoms with Crippen LogP contribution in [0.15, 0.2) is 47.5 Å². The van der Waals surface area contributed by atoms with Gasteiger partial charge in [-0.25, -0.2) is 23.0 Å². The minimum absolute atomic E-state index is 0.0243. The molecule has 204 valence electrons. The highest BCUT2D eigenvalue weighted by molar-refractivity contribution is 8.13. The molecule has 2 aliphatic heterocycles. The smallest absolute Gasteiger partial charge is 0.407 e. The number of amidine groups is 1. The molecule has 0 saturated carbocycles. The van der Waals surface area contributed by atoms with Gasteiger partial charge in [0.1, 0.15) is 29.4 Å². The average Bonchev–Trinajstić information content (AvgIpc) is 2.87. The van der Waals surface area contributed by atoms with E-state index in [0.29, 0.717) is 11.3 Å². The van der Waals surface area contributed by atoms with Crippen molar-refractivity contribution in [1.82, 2.24) is 10.6 Å². The lowest BCUT2D eigenvalue weighted by atomic mass is 9.74. The van der Waals surface area contributed by atoms with Gasteiger partial charge in [0.25, 0.3) is 5.91 Å². The van der Waals surface area contributed by atoms with E-state index in [9.17, 15) is 18.4 Å². The first-order valence-corrected chi connectivity index (χ1v) is 13.2. The van der Waals surface area contributed by atoms with E-state index in [-0.39, 0.29) is 47.7 Å². The van der Waals surface area contributed by atoms with Crippen LogP contribution in [0.1, 0.15) is 48.7 Å². The molecule has 11 heteroatoms. The van der Waals surface area contributed by atoms with E-state index < -0.39 is 41.6 Å². The second kappa shape index (κ2) is 11.4. The quantitative estimate of drug-likeness (QED) is 0.542. The Morgan fingerprint density at radius 1 is 1.18 bits per heavy atom. The van der Waals surface area contributed by atoms with Gasteiger partial charge in [0.05, 0.1) is 12.7 Å². The molecule has 3 atom stereocenters. The maximum atomic E-state index is 15.4. The van der Waals surface area contributed by atoms with Crippen LogP contribution in [-0.2, 0) is 21.6 Å². The number of hydrogen-bond acceptors (Lipinski definition) is 6. The Bertz CT molecular complexity index is 1220. The SMILES string of the molecule is CC(C)(C)OC(=O)NCc1cc([C@]23CO[C@@H](CF)C[C@H]2CSC(NC(=O)c2ccccc2)=N3)c(F)cc1F.